The second-order valence-corrected chi connectivity index (χ2v) is 3.90. The lowest BCUT2D eigenvalue weighted by molar-refractivity contribution is -0.142. The summed E-state index contributed by atoms with van der Waals surface area (Å²) in [7, 11) is 1.16. The number of hydrogen-bond acceptors (Lipinski definition) is 4. The second kappa shape index (κ2) is 5.95. The van der Waals surface area contributed by atoms with Crippen molar-refractivity contribution in [2.24, 2.45) is 0 Å². The van der Waals surface area contributed by atoms with Gasteiger partial charge in [0, 0.05) is 5.56 Å². The zero-order valence-electron chi connectivity index (χ0n) is 10.5. The molecule has 0 aliphatic rings. The fourth-order valence-electron chi connectivity index (χ4n) is 1.50. The van der Waals surface area contributed by atoms with Gasteiger partial charge in [-0.25, -0.2) is 4.79 Å². The molecule has 1 N–H and O–H groups in total. The molecule has 0 aromatic heterocycles. The molecule has 5 heteroatoms. The average molecular weight is 249 g/mol. The molecule has 0 radical (unpaired) electrons. The van der Waals surface area contributed by atoms with E-state index in [0.29, 0.717) is 12.0 Å². The number of hydrogen-bond donors (Lipinski definition) is 1. The molecule has 18 heavy (non-hydrogen) atoms. The topological polar surface area (TPSA) is 72.5 Å². The quantitative estimate of drug-likeness (QED) is 0.362. The van der Waals surface area contributed by atoms with Gasteiger partial charge in [-0.2, -0.15) is 0 Å². The molecule has 96 valence electrons. The smallest absolute Gasteiger partial charge is 0.336 e. The highest BCUT2D eigenvalue weighted by Crippen LogP contribution is 2.12. The van der Waals surface area contributed by atoms with Crippen molar-refractivity contribution in [2.45, 2.75) is 19.9 Å². The van der Waals surface area contributed by atoms with Crippen LogP contribution in [0.5, 0.6) is 0 Å². The molecule has 5 nitrogen and oxygen atoms in total. The Kier molecular flexibility index (Phi) is 4.59. The fraction of sp³-hybridized carbons (Fsp3) is 0.308. The van der Waals surface area contributed by atoms with Crippen molar-refractivity contribution in [2.75, 3.05) is 7.11 Å². The molecule has 1 aromatic carbocycles. The number of benzene rings is 1. The van der Waals surface area contributed by atoms with Gasteiger partial charge < -0.3 is 10.1 Å². The van der Waals surface area contributed by atoms with Crippen LogP contribution in [0.3, 0.4) is 0 Å². The van der Waals surface area contributed by atoms with E-state index in [2.05, 4.69) is 10.1 Å². The van der Waals surface area contributed by atoms with E-state index in [1.165, 1.54) is 0 Å². The van der Waals surface area contributed by atoms with Crippen LogP contribution in [0, 0.1) is 13.8 Å². The van der Waals surface area contributed by atoms with Crippen molar-refractivity contribution in [1.82, 2.24) is 5.32 Å². The van der Waals surface area contributed by atoms with Gasteiger partial charge in [0.05, 0.1) is 7.11 Å². The summed E-state index contributed by atoms with van der Waals surface area (Å²) in [4.78, 5) is 33.9. The maximum Gasteiger partial charge on any atom is 0.336 e. The number of nitrogens with one attached hydrogen (secondary N) is 1. The Balaban J connectivity index is 3.05. The first kappa shape index (κ1) is 13.9. The summed E-state index contributed by atoms with van der Waals surface area (Å²) in [5.74, 6) is -1.28. The summed E-state index contributed by atoms with van der Waals surface area (Å²) in [6, 6.07) is 3.79. The van der Waals surface area contributed by atoms with E-state index in [1.54, 1.807) is 18.2 Å². The predicted molar refractivity (Wildman–Crippen MR) is 65.3 cm³/mol. The third-order valence-corrected chi connectivity index (χ3v) is 2.73. The minimum Gasteiger partial charge on any atom is -0.467 e. The molecule has 1 atom stereocenters. The van der Waals surface area contributed by atoms with Crippen molar-refractivity contribution in [1.29, 1.82) is 0 Å². The molecule has 0 saturated heterocycles. The van der Waals surface area contributed by atoms with E-state index in [0.717, 1.165) is 18.2 Å². The normalized spacial score (nSPS) is 11.5. The Morgan fingerprint density at radius 2 is 1.94 bits per heavy atom. The number of carbonyl (C=O) groups excluding carboxylic acids is 3. The number of ether oxygens (including phenoxy) is 1. The standard InChI is InChI=1S/C13H15NO4/c1-8-4-5-10(6-9(8)2)12(16)11(14-7-15)13(17)18-3/h4-7,11H,1-3H3,(H,14,15)/t11-/m1/s1. The Morgan fingerprint density at radius 1 is 1.28 bits per heavy atom. The monoisotopic (exact) mass is 249 g/mol. The number of aryl methyl sites for hydroxylation is 2. The highest BCUT2D eigenvalue weighted by Gasteiger charge is 2.28. The lowest BCUT2D eigenvalue weighted by Crippen LogP contribution is -2.43. The zero-order valence-corrected chi connectivity index (χ0v) is 10.5. The minimum atomic E-state index is -1.30. The number of ketones is 1. The van der Waals surface area contributed by atoms with E-state index in [4.69, 9.17) is 0 Å². The number of methoxy groups -OCH3 is 1. The molecule has 1 rings (SSSR count). The van der Waals surface area contributed by atoms with Crippen LogP contribution in [0.25, 0.3) is 0 Å². The highest BCUT2D eigenvalue weighted by atomic mass is 16.5. The molecule has 0 unspecified atom stereocenters. The van der Waals surface area contributed by atoms with Crippen LogP contribution in [-0.4, -0.2) is 31.3 Å². The van der Waals surface area contributed by atoms with Gasteiger partial charge in [0.1, 0.15) is 0 Å². The van der Waals surface area contributed by atoms with Crippen molar-refractivity contribution >= 4 is 18.2 Å². The molecule has 0 heterocycles. The highest BCUT2D eigenvalue weighted by molar-refractivity contribution is 6.13. The van der Waals surface area contributed by atoms with Gasteiger partial charge >= 0.3 is 5.97 Å². The summed E-state index contributed by atoms with van der Waals surface area (Å²) in [6.07, 6.45) is 0.306. The number of carbonyl (C=O) groups is 3. The lowest BCUT2D eigenvalue weighted by atomic mass is 10.00. The van der Waals surface area contributed by atoms with Gasteiger partial charge in [-0.15, -0.1) is 0 Å². The second-order valence-electron chi connectivity index (χ2n) is 3.90. The molecule has 0 bridgehead atoms. The van der Waals surface area contributed by atoms with Crippen LogP contribution < -0.4 is 5.32 Å². The summed E-state index contributed by atoms with van der Waals surface area (Å²) in [5.41, 5.74) is 2.35. The molecular formula is C13H15NO4. The van der Waals surface area contributed by atoms with Crippen LogP contribution in [0.2, 0.25) is 0 Å². The van der Waals surface area contributed by atoms with Crippen LogP contribution in [-0.2, 0) is 14.3 Å². The number of Topliss-reactive ketones (excluding diaryl/α,β-unsaturated/α-hetero) is 1. The first-order valence-electron chi connectivity index (χ1n) is 5.40. The van der Waals surface area contributed by atoms with Gasteiger partial charge in [0.15, 0.2) is 11.8 Å². The van der Waals surface area contributed by atoms with Crippen LogP contribution in [0.1, 0.15) is 21.5 Å². The third kappa shape index (κ3) is 2.94. The summed E-state index contributed by atoms with van der Waals surface area (Å²) in [5, 5.41) is 2.16. The summed E-state index contributed by atoms with van der Waals surface area (Å²) in [6.45, 7) is 3.79. The van der Waals surface area contributed by atoms with Crippen LogP contribution >= 0.6 is 0 Å². The van der Waals surface area contributed by atoms with E-state index < -0.39 is 17.8 Å². The molecule has 0 aliphatic carbocycles. The van der Waals surface area contributed by atoms with Gasteiger partial charge in [-0.3, -0.25) is 9.59 Å². The Labute approximate surface area is 105 Å². The first-order valence-corrected chi connectivity index (χ1v) is 5.40. The SMILES string of the molecule is COC(=O)[C@H](NC=O)C(=O)c1ccc(C)c(C)c1. The van der Waals surface area contributed by atoms with Gasteiger partial charge in [0.25, 0.3) is 0 Å². The minimum absolute atomic E-state index is 0.306. The van der Waals surface area contributed by atoms with E-state index in [1.807, 2.05) is 13.8 Å². The number of amides is 1. The van der Waals surface area contributed by atoms with Crippen molar-refractivity contribution in [3.05, 3.63) is 34.9 Å². The largest absolute Gasteiger partial charge is 0.467 e. The van der Waals surface area contributed by atoms with E-state index in [9.17, 15) is 14.4 Å². The molecule has 0 fully saturated rings. The fourth-order valence-corrected chi connectivity index (χ4v) is 1.50. The van der Waals surface area contributed by atoms with Crippen molar-refractivity contribution in [3.63, 3.8) is 0 Å². The van der Waals surface area contributed by atoms with Crippen molar-refractivity contribution < 1.29 is 19.1 Å². The summed E-state index contributed by atoms with van der Waals surface area (Å²) < 4.78 is 4.48. The molecule has 0 saturated carbocycles. The van der Waals surface area contributed by atoms with Crippen molar-refractivity contribution in [3.8, 4) is 0 Å². The maximum absolute atomic E-state index is 12.1. The number of rotatable bonds is 5. The van der Waals surface area contributed by atoms with E-state index in [-0.39, 0.29) is 0 Å². The van der Waals surface area contributed by atoms with Gasteiger partial charge in [0.2, 0.25) is 6.41 Å². The average Bonchev–Trinajstić information content (AvgIpc) is 2.37. The van der Waals surface area contributed by atoms with E-state index >= 15 is 0 Å². The van der Waals surface area contributed by atoms with Gasteiger partial charge in [-0.05, 0) is 31.0 Å². The zero-order chi connectivity index (χ0) is 13.7. The van der Waals surface area contributed by atoms with Gasteiger partial charge in [-0.1, -0.05) is 12.1 Å². The predicted octanol–water partition coefficient (Wildman–Crippen LogP) is 0.774. The Hall–Kier alpha value is -2.17. The van der Waals surface area contributed by atoms with Crippen LogP contribution in [0.4, 0.5) is 0 Å². The number of esters is 1. The Morgan fingerprint density at radius 3 is 2.44 bits per heavy atom. The Bertz CT molecular complexity index is 482. The molecule has 1 aromatic rings. The molecule has 0 spiro atoms. The molecule has 0 aliphatic heterocycles. The molecular weight excluding hydrogens is 234 g/mol. The van der Waals surface area contributed by atoms with Crippen LogP contribution in [0.15, 0.2) is 18.2 Å². The summed E-state index contributed by atoms with van der Waals surface area (Å²) >= 11 is 0. The first-order chi connectivity index (χ1) is 8.51. The lowest BCUT2D eigenvalue weighted by Gasteiger charge is -2.13. The maximum atomic E-state index is 12.1. The third-order valence-electron chi connectivity index (χ3n) is 2.73. The molecule has 1 amide bonds.